The van der Waals surface area contributed by atoms with Crippen LogP contribution in [0.25, 0.3) is 38.5 Å². The Morgan fingerprint density at radius 2 is 1.47 bits per heavy atom. The van der Waals surface area contributed by atoms with Crippen molar-refractivity contribution in [2.45, 2.75) is 4.90 Å². The van der Waals surface area contributed by atoms with Crippen molar-refractivity contribution in [2.75, 3.05) is 11.9 Å². The van der Waals surface area contributed by atoms with Gasteiger partial charge in [-0.25, -0.2) is 0 Å². The molecule has 4 aromatic carbocycles. The molecule has 0 radical (unpaired) electrons. The van der Waals surface area contributed by atoms with Crippen LogP contribution in [-0.2, 0) is 0 Å². The Labute approximate surface area is 207 Å². The first-order valence-corrected chi connectivity index (χ1v) is 12.9. The fraction of sp³-hybridized carbons (Fsp3) is 0.0333. The van der Waals surface area contributed by atoms with Crippen LogP contribution in [0.5, 0.6) is 0 Å². The molecule has 0 spiro atoms. The number of nitrogens with zero attached hydrogens (tertiary/aromatic N) is 1. The van der Waals surface area contributed by atoms with Gasteiger partial charge in [-0.2, -0.15) is 4.98 Å². The van der Waals surface area contributed by atoms with Gasteiger partial charge in [0.2, 0.25) is 5.69 Å². The normalized spacial score (nSPS) is 14.4. The number of benzene rings is 4. The van der Waals surface area contributed by atoms with Gasteiger partial charge in [0.15, 0.2) is 0 Å². The molecule has 0 saturated carbocycles. The molecular formula is C30H23N2S2+. The molecule has 0 aliphatic carbocycles. The minimum absolute atomic E-state index is 1.13. The van der Waals surface area contributed by atoms with Gasteiger partial charge in [0, 0.05) is 23.6 Å². The largest absolute Gasteiger partial charge is 0.338 e. The first-order chi connectivity index (χ1) is 16.8. The average molecular weight is 476 g/mol. The summed E-state index contributed by atoms with van der Waals surface area (Å²) in [5.41, 5.74) is 4.86. The van der Waals surface area contributed by atoms with Gasteiger partial charge >= 0.3 is 0 Å². The first-order valence-electron chi connectivity index (χ1n) is 11.3. The zero-order valence-corrected chi connectivity index (χ0v) is 20.4. The van der Waals surface area contributed by atoms with E-state index in [2.05, 4.69) is 132 Å². The maximum Gasteiger partial charge on any atom is 0.261 e. The fourth-order valence-corrected chi connectivity index (χ4v) is 6.54. The highest BCUT2D eigenvalue weighted by atomic mass is 32.2. The van der Waals surface area contributed by atoms with E-state index in [4.69, 9.17) is 0 Å². The number of fused-ring (bicyclic) bond motifs is 3. The van der Waals surface area contributed by atoms with Crippen molar-refractivity contribution in [3.8, 4) is 21.7 Å². The summed E-state index contributed by atoms with van der Waals surface area (Å²) in [4.78, 5) is 8.52. The van der Waals surface area contributed by atoms with Gasteiger partial charge in [-0.05, 0) is 40.6 Å². The molecule has 1 aliphatic rings. The van der Waals surface area contributed by atoms with E-state index in [1.807, 2.05) is 11.8 Å². The van der Waals surface area contributed by atoms with Crippen molar-refractivity contribution in [1.29, 1.82) is 0 Å². The van der Waals surface area contributed by atoms with Gasteiger partial charge < -0.3 is 4.90 Å². The van der Waals surface area contributed by atoms with Crippen LogP contribution in [0.1, 0.15) is 5.01 Å². The minimum atomic E-state index is 1.13. The minimum Gasteiger partial charge on any atom is -0.338 e. The fourth-order valence-electron chi connectivity index (χ4n) is 4.30. The van der Waals surface area contributed by atoms with Crippen molar-refractivity contribution in [3.05, 3.63) is 119 Å². The summed E-state index contributed by atoms with van der Waals surface area (Å²) in [6, 6.07) is 34.2. The van der Waals surface area contributed by atoms with Gasteiger partial charge in [-0.3, -0.25) is 0 Å². The molecule has 1 N–H and O–H groups in total. The predicted molar refractivity (Wildman–Crippen MR) is 147 cm³/mol. The van der Waals surface area contributed by atoms with E-state index in [1.54, 1.807) is 11.3 Å². The molecule has 1 aliphatic heterocycles. The Morgan fingerprint density at radius 1 is 0.765 bits per heavy atom. The summed E-state index contributed by atoms with van der Waals surface area (Å²) < 4.78 is 0. The third kappa shape index (κ3) is 3.85. The molecule has 0 amide bonds. The second-order valence-corrected chi connectivity index (χ2v) is 10.3. The lowest BCUT2D eigenvalue weighted by Crippen LogP contribution is -2.09. The monoisotopic (exact) mass is 475 g/mol. The molecule has 0 bridgehead atoms. The smallest absolute Gasteiger partial charge is 0.261 e. The molecule has 4 heteroatoms. The van der Waals surface area contributed by atoms with Crippen molar-refractivity contribution in [1.82, 2.24) is 0 Å². The molecule has 0 fully saturated rings. The SMILES string of the molecule is CN1/C(=C\C=C\c2[nH+]c(-c3ccccc3)c(-c3ccccc3)s2)Sc2c1ccc1ccccc21. The van der Waals surface area contributed by atoms with E-state index >= 15 is 0 Å². The van der Waals surface area contributed by atoms with Gasteiger partial charge in [0.25, 0.3) is 5.01 Å². The summed E-state index contributed by atoms with van der Waals surface area (Å²) in [6.07, 6.45) is 6.53. The predicted octanol–water partition coefficient (Wildman–Crippen LogP) is 8.15. The molecule has 5 aromatic rings. The Kier molecular flexibility index (Phi) is 5.54. The maximum absolute atomic E-state index is 3.66. The number of rotatable bonds is 4. The van der Waals surface area contributed by atoms with Crippen LogP contribution in [0.2, 0.25) is 0 Å². The van der Waals surface area contributed by atoms with E-state index in [1.165, 1.54) is 42.4 Å². The van der Waals surface area contributed by atoms with Crippen molar-refractivity contribution in [3.63, 3.8) is 0 Å². The lowest BCUT2D eigenvalue weighted by Gasteiger charge is -2.13. The Balaban J connectivity index is 1.33. The number of thiazole rings is 1. The summed E-state index contributed by atoms with van der Waals surface area (Å²) in [6.45, 7) is 0. The second-order valence-electron chi connectivity index (χ2n) is 8.19. The van der Waals surface area contributed by atoms with E-state index in [-0.39, 0.29) is 0 Å². The molecule has 164 valence electrons. The van der Waals surface area contributed by atoms with Crippen LogP contribution in [0.15, 0.2) is 119 Å². The van der Waals surface area contributed by atoms with Crippen LogP contribution in [0.3, 0.4) is 0 Å². The maximum atomic E-state index is 3.66. The number of H-pyrrole nitrogens is 1. The number of hydrogen-bond acceptors (Lipinski definition) is 3. The molecule has 1 aromatic heterocycles. The highest BCUT2D eigenvalue weighted by molar-refractivity contribution is 8.04. The Morgan fingerprint density at radius 3 is 2.26 bits per heavy atom. The molecule has 0 saturated heterocycles. The number of hydrogen-bond donors (Lipinski definition) is 0. The number of nitrogens with one attached hydrogen (secondary N) is 1. The zero-order chi connectivity index (χ0) is 22.9. The number of allylic oxidation sites excluding steroid dienone is 2. The lowest BCUT2D eigenvalue weighted by molar-refractivity contribution is -0.359. The number of thioether (sulfide) groups is 1. The topological polar surface area (TPSA) is 17.4 Å². The first kappa shape index (κ1) is 21.0. The number of aromatic amines is 1. The molecule has 0 atom stereocenters. The number of anilines is 1. The second kappa shape index (κ2) is 8.98. The van der Waals surface area contributed by atoms with Crippen LogP contribution >= 0.6 is 23.1 Å². The van der Waals surface area contributed by atoms with Gasteiger partial charge in [-0.15, -0.1) is 0 Å². The molecule has 2 heterocycles. The van der Waals surface area contributed by atoms with Crippen molar-refractivity contribution < 1.29 is 4.98 Å². The molecule has 6 rings (SSSR count). The quantitative estimate of drug-likeness (QED) is 0.261. The van der Waals surface area contributed by atoms with E-state index in [0.29, 0.717) is 0 Å². The Hall–Kier alpha value is -3.60. The number of aromatic nitrogens is 1. The third-order valence-corrected chi connectivity index (χ3v) is 8.38. The third-order valence-electron chi connectivity index (χ3n) is 6.03. The van der Waals surface area contributed by atoms with Gasteiger partial charge in [0.05, 0.1) is 10.7 Å². The Bertz CT molecular complexity index is 1480. The van der Waals surface area contributed by atoms with Crippen LogP contribution in [-0.4, -0.2) is 7.05 Å². The van der Waals surface area contributed by atoms with Crippen LogP contribution in [0, 0.1) is 0 Å². The highest BCUT2D eigenvalue weighted by Gasteiger charge is 2.24. The standard InChI is InChI=1S/C30H22N2S2/c1-32-25-20-19-21-11-8-9-16-24(21)30(25)34-27(32)18-10-17-26-31-28(22-12-4-2-5-13-22)29(33-26)23-14-6-3-7-15-23/h2-20H,1H3/p+1/b17-10+,27-18+. The van der Waals surface area contributed by atoms with E-state index in [9.17, 15) is 0 Å². The highest BCUT2D eigenvalue weighted by Crippen LogP contribution is 2.48. The van der Waals surface area contributed by atoms with Gasteiger partial charge in [-0.1, -0.05) is 108 Å². The van der Waals surface area contributed by atoms with Gasteiger partial charge in [0.1, 0.15) is 4.88 Å². The zero-order valence-electron chi connectivity index (χ0n) is 18.7. The van der Waals surface area contributed by atoms with Crippen LogP contribution in [0.4, 0.5) is 5.69 Å². The summed E-state index contributed by atoms with van der Waals surface area (Å²) in [7, 11) is 2.14. The molecular weight excluding hydrogens is 452 g/mol. The van der Waals surface area contributed by atoms with E-state index in [0.717, 1.165) is 10.7 Å². The molecule has 0 unspecified atom stereocenters. The van der Waals surface area contributed by atoms with Crippen molar-refractivity contribution in [2.24, 2.45) is 0 Å². The summed E-state index contributed by atoms with van der Waals surface area (Å²) in [5, 5.41) is 4.96. The lowest BCUT2D eigenvalue weighted by atomic mass is 10.1. The van der Waals surface area contributed by atoms with E-state index < -0.39 is 0 Å². The summed E-state index contributed by atoms with van der Waals surface area (Å²) >= 11 is 3.63. The average Bonchev–Trinajstić information content (AvgIpc) is 3.47. The summed E-state index contributed by atoms with van der Waals surface area (Å²) in [5.74, 6) is 0. The molecule has 34 heavy (non-hydrogen) atoms. The van der Waals surface area contributed by atoms with Crippen molar-refractivity contribution >= 4 is 45.6 Å². The molecule has 2 nitrogen and oxygen atoms in total. The van der Waals surface area contributed by atoms with Crippen LogP contribution < -0.4 is 9.88 Å².